The number of rotatable bonds is 1. The second-order valence-electron chi connectivity index (χ2n) is 5.05. The number of aromatic nitrogens is 1. The van der Waals surface area contributed by atoms with Gasteiger partial charge in [0.05, 0.1) is 17.0 Å². The van der Waals surface area contributed by atoms with E-state index in [2.05, 4.69) is 17.1 Å². The number of hydrogen-bond acceptors (Lipinski definition) is 2. The van der Waals surface area contributed by atoms with Gasteiger partial charge in [-0.05, 0) is 55.5 Å². The maximum absolute atomic E-state index is 9.37. The van der Waals surface area contributed by atoms with Crippen LogP contribution in [-0.4, -0.2) is 4.98 Å². The van der Waals surface area contributed by atoms with Crippen molar-refractivity contribution in [2.24, 2.45) is 0 Å². The van der Waals surface area contributed by atoms with Crippen LogP contribution in [-0.2, 0) is 5.41 Å². The van der Waals surface area contributed by atoms with Crippen molar-refractivity contribution in [3.8, 4) is 6.07 Å². The van der Waals surface area contributed by atoms with Gasteiger partial charge in [0.25, 0.3) is 0 Å². The van der Waals surface area contributed by atoms with Crippen LogP contribution in [0.2, 0.25) is 5.15 Å². The molecular weight excluding hydrogens is 244 g/mol. The lowest BCUT2D eigenvalue weighted by Crippen LogP contribution is -2.32. The topological polar surface area (TPSA) is 36.7 Å². The fraction of sp³-hybridized carbons (Fsp3) is 0.333. The Bertz CT molecular complexity index is 666. The van der Waals surface area contributed by atoms with E-state index in [1.807, 2.05) is 25.1 Å². The molecule has 2 nitrogen and oxygen atoms in total. The van der Waals surface area contributed by atoms with E-state index in [-0.39, 0.29) is 5.41 Å². The summed E-state index contributed by atoms with van der Waals surface area (Å²) in [6.45, 7) is 1.95. The van der Waals surface area contributed by atoms with Crippen molar-refractivity contribution in [3.63, 3.8) is 0 Å². The molecule has 0 unspecified atom stereocenters. The van der Waals surface area contributed by atoms with Crippen LogP contribution in [0.15, 0.2) is 24.3 Å². The smallest absolute Gasteiger partial charge is 0.132 e. The summed E-state index contributed by atoms with van der Waals surface area (Å²) in [5.74, 6) is 0. The average molecular weight is 257 g/mol. The second kappa shape index (κ2) is 3.96. The molecule has 1 fully saturated rings. The van der Waals surface area contributed by atoms with Gasteiger partial charge in [0, 0.05) is 5.39 Å². The van der Waals surface area contributed by atoms with E-state index in [0.717, 1.165) is 41.3 Å². The molecule has 0 atom stereocenters. The molecule has 3 rings (SSSR count). The molecule has 1 aromatic carbocycles. The Morgan fingerprint density at radius 2 is 2.11 bits per heavy atom. The molecule has 0 N–H and O–H groups in total. The van der Waals surface area contributed by atoms with Crippen LogP contribution in [0.25, 0.3) is 10.9 Å². The van der Waals surface area contributed by atoms with Crippen LogP contribution < -0.4 is 0 Å². The molecule has 0 bridgehead atoms. The van der Waals surface area contributed by atoms with Crippen LogP contribution in [0.5, 0.6) is 0 Å². The summed E-state index contributed by atoms with van der Waals surface area (Å²) in [4.78, 5) is 4.35. The molecule has 2 aromatic rings. The zero-order chi connectivity index (χ0) is 12.8. The van der Waals surface area contributed by atoms with Gasteiger partial charge in [0.2, 0.25) is 0 Å². The van der Waals surface area contributed by atoms with E-state index in [1.165, 1.54) is 0 Å². The highest BCUT2D eigenvalue weighted by Gasteiger charge is 2.38. The zero-order valence-electron chi connectivity index (χ0n) is 10.2. The Morgan fingerprint density at radius 3 is 2.72 bits per heavy atom. The van der Waals surface area contributed by atoms with Gasteiger partial charge in [0.1, 0.15) is 5.15 Å². The molecule has 0 amide bonds. The summed E-state index contributed by atoms with van der Waals surface area (Å²) >= 11 is 6.02. The largest absolute Gasteiger partial charge is 0.236 e. The van der Waals surface area contributed by atoms with Crippen LogP contribution in [0, 0.1) is 18.3 Å². The first-order chi connectivity index (χ1) is 8.64. The Morgan fingerprint density at radius 1 is 1.33 bits per heavy atom. The lowest BCUT2D eigenvalue weighted by atomic mass is 9.65. The van der Waals surface area contributed by atoms with Crippen LogP contribution in [0.3, 0.4) is 0 Å². The summed E-state index contributed by atoms with van der Waals surface area (Å²) in [5, 5.41) is 11.0. The predicted octanol–water partition coefficient (Wildman–Crippen LogP) is 4.14. The zero-order valence-corrected chi connectivity index (χ0v) is 11.0. The molecule has 0 radical (unpaired) electrons. The summed E-state index contributed by atoms with van der Waals surface area (Å²) in [6.07, 6.45) is 3.08. The van der Waals surface area contributed by atoms with Crippen molar-refractivity contribution < 1.29 is 0 Å². The third-order valence-corrected chi connectivity index (χ3v) is 4.30. The summed E-state index contributed by atoms with van der Waals surface area (Å²) in [7, 11) is 0. The number of fused-ring (bicyclic) bond motifs is 1. The van der Waals surface area contributed by atoms with Crippen molar-refractivity contribution in [2.45, 2.75) is 31.6 Å². The highest BCUT2D eigenvalue weighted by molar-refractivity contribution is 6.30. The molecule has 1 saturated carbocycles. The number of hydrogen-bond donors (Lipinski definition) is 0. The number of aryl methyl sites for hydroxylation is 1. The second-order valence-corrected chi connectivity index (χ2v) is 5.41. The van der Waals surface area contributed by atoms with Crippen LogP contribution in [0.4, 0.5) is 0 Å². The van der Waals surface area contributed by atoms with Gasteiger partial charge < -0.3 is 0 Å². The highest BCUT2D eigenvalue weighted by Crippen LogP contribution is 2.43. The number of halogens is 1. The molecule has 0 aliphatic heterocycles. The first-order valence-electron chi connectivity index (χ1n) is 6.13. The van der Waals surface area contributed by atoms with Crippen LogP contribution in [0.1, 0.15) is 30.4 Å². The molecule has 0 saturated heterocycles. The lowest BCUT2D eigenvalue weighted by molar-refractivity contribution is 0.324. The SMILES string of the molecule is Cc1cc2cc(C3(C#N)CCC3)ccc2nc1Cl. The van der Waals surface area contributed by atoms with Crippen molar-refractivity contribution in [3.05, 3.63) is 40.5 Å². The van der Waals surface area contributed by atoms with Crippen molar-refractivity contribution in [1.29, 1.82) is 5.26 Å². The summed E-state index contributed by atoms with van der Waals surface area (Å²) < 4.78 is 0. The molecule has 1 aromatic heterocycles. The summed E-state index contributed by atoms with van der Waals surface area (Å²) in [5.41, 5.74) is 2.72. The number of nitriles is 1. The molecular formula is C15H13ClN2. The van der Waals surface area contributed by atoms with E-state index in [9.17, 15) is 5.26 Å². The minimum Gasteiger partial charge on any atom is -0.236 e. The minimum absolute atomic E-state index is 0.262. The maximum Gasteiger partial charge on any atom is 0.132 e. The van der Waals surface area contributed by atoms with Crippen molar-refractivity contribution >= 4 is 22.5 Å². The van der Waals surface area contributed by atoms with Crippen LogP contribution >= 0.6 is 11.6 Å². The normalized spacial score (nSPS) is 17.2. The minimum atomic E-state index is -0.262. The van der Waals surface area contributed by atoms with E-state index >= 15 is 0 Å². The van der Waals surface area contributed by atoms with Gasteiger partial charge in [-0.15, -0.1) is 0 Å². The van der Waals surface area contributed by atoms with Gasteiger partial charge in [0.15, 0.2) is 0 Å². The summed E-state index contributed by atoms with van der Waals surface area (Å²) in [6, 6.07) is 10.6. The average Bonchev–Trinajstić information content (AvgIpc) is 2.30. The highest BCUT2D eigenvalue weighted by atomic mass is 35.5. The molecule has 1 heterocycles. The van der Waals surface area contributed by atoms with E-state index in [0.29, 0.717) is 5.15 Å². The third-order valence-electron chi connectivity index (χ3n) is 3.92. The first-order valence-corrected chi connectivity index (χ1v) is 6.51. The number of nitrogens with zero attached hydrogens (tertiary/aromatic N) is 2. The number of pyridine rings is 1. The maximum atomic E-state index is 9.37. The number of benzene rings is 1. The predicted molar refractivity (Wildman–Crippen MR) is 72.6 cm³/mol. The van der Waals surface area contributed by atoms with Gasteiger partial charge in [-0.25, -0.2) is 4.98 Å². The Balaban J connectivity index is 2.17. The molecule has 1 aliphatic carbocycles. The quantitative estimate of drug-likeness (QED) is 0.719. The molecule has 18 heavy (non-hydrogen) atoms. The monoisotopic (exact) mass is 256 g/mol. The van der Waals surface area contributed by atoms with Gasteiger partial charge >= 0.3 is 0 Å². The molecule has 90 valence electrons. The van der Waals surface area contributed by atoms with Crippen molar-refractivity contribution in [2.75, 3.05) is 0 Å². The molecule has 1 aliphatic rings. The van der Waals surface area contributed by atoms with Gasteiger partial charge in [-0.1, -0.05) is 17.7 Å². The Kier molecular flexibility index (Phi) is 2.53. The lowest BCUT2D eigenvalue weighted by Gasteiger charge is -2.35. The Hall–Kier alpha value is -1.59. The van der Waals surface area contributed by atoms with E-state index in [4.69, 9.17) is 11.6 Å². The Labute approximate surface area is 111 Å². The van der Waals surface area contributed by atoms with Crippen molar-refractivity contribution in [1.82, 2.24) is 4.98 Å². The third kappa shape index (κ3) is 1.59. The van der Waals surface area contributed by atoms with E-state index in [1.54, 1.807) is 0 Å². The molecule has 3 heteroatoms. The van der Waals surface area contributed by atoms with E-state index < -0.39 is 0 Å². The fourth-order valence-electron chi connectivity index (χ4n) is 2.55. The van der Waals surface area contributed by atoms with Gasteiger partial charge in [-0.2, -0.15) is 5.26 Å². The van der Waals surface area contributed by atoms with Gasteiger partial charge in [-0.3, -0.25) is 0 Å². The first kappa shape index (κ1) is 11.5. The standard InChI is InChI=1S/C15H13ClN2/c1-10-7-11-8-12(15(9-17)5-2-6-15)3-4-13(11)18-14(10)16/h3-4,7-8H,2,5-6H2,1H3. The fourth-order valence-corrected chi connectivity index (χ4v) is 2.70. The molecule has 0 spiro atoms.